The van der Waals surface area contributed by atoms with Crippen molar-refractivity contribution < 1.29 is 0 Å². The van der Waals surface area contributed by atoms with Crippen molar-refractivity contribution in [1.82, 2.24) is 0 Å². The third-order valence-corrected chi connectivity index (χ3v) is 4.28. The van der Waals surface area contributed by atoms with Crippen molar-refractivity contribution in [3.05, 3.63) is 58.6 Å². The van der Waals surface area contributed by atoms with E-state index in [2.05, 4.69) is 51.2 Å². The summed E-state index contributed by atoms with van der Waals surface area (Å²) < 4.78 is 0. The minimum Gasteiger partial charge on any atom is -0.339 e. The van der Waals surface area contributed by atoms with E-state index < -0.39 is 0 Å². The van der Waals surface area contributed by atoms with Crippen molar-refractivity contribution in [2.75, 3.05) is 11.4 Å². The summed E-state index contributed by atoms with van der Waals surface area (Å²) >= 11 is 9.94. The van der Waals surface area contributed by atoms with E-state index in [1.165, 1.54) is 16.8 Å². The summed E-state index contributed by atoms with van der Waals surface area (Å²) in [6.45, 7) is 1.00. The average molecular weight is 323 g/mol. The number of para-hydroxylation sites is 2. The summed E-state index contributed by atoms with van der Waals surface area (Å²) in [6, 6.07) is 14.6. The lowest BCUT2D eigenvalue weighted by atomic mass is 10.1. The molecule has 0 atom stereocenters. The van der Waals surface area contributed by atoms with E-state index in [1.54, 1.807) is 0 Å². The van der Waals surface area contributed by atoms with Gasteiger partial charge in [-0.15, -0.1) is 0 Å². The predicted octanol–water partition coefficient (Wildman–Crippen LogP) is 4.93. The summed E-state index contributed by atoms with van der Waals surface area (Å²) in [4.78, 5) is 2.33. The van der Waals surface area contributed by atoms with Crippen molar-refractivity contribution >= 4 is 38.9 Å². The SMILES string of the molecule is Clc1cccc(CBr)c1N1CCc2ccccc21. The lowest BCUT2D eigenvalue weighted by Gasteiger charge is -2.23. The van der Waals surface area contributed by atoms with Crippen LogP contribution in [0, 0.1) is 0 Å². The van der Waals surface area contributed by atoms with Gasteiger partial charge in [-0.05, 0) is 29.7 Å². The number of benzene rings is 2. The molecule has 0 aliphatic carbocycles. The fourth-order valence-corrected chi connectivity index (χ4v) is 3.29. The van der Waals surface area contributed by atoms with Gasteiger partial charge in [-0.25, -0.2) is 0 Å². The van der Waals surface area contributed by atoms with E-state index >= 15 is 0 Å². The minimum absolute atomic E-state index is 0.821. The lowest BCUT2D eigenvalue weighted by molar-refractivity contribution is 0.992. The first kappa shape index (κ1) is 12.1. The van der Waals surface area contributed by atoms with Crippen molar-refractivity contribution in [3.63, 3.8) is 0 Å². The number of anilines is 2. The molecule has 18 heavy (non-hydrogen) atoms. The second kappa shape index (κ2) is 4.94. The van der Waals surface area contributed by atoms with Gasteiger partial charge >= 0.3 is 0 Å². The van der Waals surface area contributed by atoms with Crippen LogP contribution in [-0.2, 0) is 11.8 Å². The highest BCUT2D eigenvalue weighted by Crippen LogP contribution is 2.40. The highest BCUT2D eigenvalue weighted by molar-refractivity contribution is 9.08. The molecular formula is C15H13BrClN. The van der Waals surface area contributed by atoms with E-state index in [4.69, 9.17) is 11.6 Å². The van der Waals surface area contributed by atoms with Gasteiger partial charge in [0.25, 0.3) is 0 Å². The second-order valence-corrected chi connectivity index (χ2v) is 5.38. The fourth-order valence-electron chi connectivity index (χ4n) is 2.54. The Bertz CT molecular complexity index is 582. The molecule has 3 heteroatoms. The Balaban J connectivity index is 2.13. The van der Waals surface area contributed by atoms with Gasteiger partial charge in [-0.1, -0.05) is 57.9 Å². The molecule has 0 saturated heterocycles. The summed E-state index contributed by atoms with van der Waals surface area (Å²) in [5.74, 6) is 0. The maximum atomic E-state index is 6.39. The Morgan fingerprint density at radius 3 is 2.78 bits per heavy atom. The molecule has 0 N–H and O–H groups in total. The van der Waals surface area contributed by atoms with E-state index in [0.717, 1.165) is 29.0 Å². The monoisotopic (exact) mass is 321 g/mol. The van der Waals surface area contributed by atoms with Crippen LogP contribution in [-0.4, -0.2) is 6.54 Å². The Hall–Kier alpha value is -0.990. The molecular weight excluding hydrogens is 310 g/mol. The summed E-state index contributed by atoms with van der Waals surface area (Å²) in [7, 11) is 0. The van der Waals surface area contributed by atoms with Gasteiger partial charge in [-0.2, -0.15) is 0 Å². The van der Waals surface area contributed by atoms with Gasteiger partial charge in [0.05, 0.1) is 10.7 Å². The molecule has 0 saturated carbocycles. The number of rotatable bonds is 2. The molecule has 1 heterocycles. The quantitative estimate of drug-likeness (QED) is 0.709. The zero-order chi connectivity index (χ0) is 12.5. The number of nitrogens with zero attached hydrogens (tertiary/aromatic N) is 1. The number of fused-ring (bicyclic) bond motifs is 1. The fraction of sp³-hybridized carbons (Fsp3) is 0.200. The second-order valence-electron chi connectivity index (χ2n) is 4.41. The van der Waals surface area contributed by atoms with Crippen molar-refractivity contribution in [1.29, 1.82) is 0 Å². The Morgan fingerprint density at radius 1 is 1.11 bits per heavy atom. The van der Waals surface area contributed by atoms with E-state index in [-0.39, 0.29) is 0 Å². The van der Waals surface area contributed by atoms with Crippen LogP contribution in [0.3, 0.4) is 0 Å². The normalized spacial score (nSPS) is 13.8. The standard InChI is InChI=1S/C15H13BrClN/c16-10-12-5-3-6-13(17)15(12)18-9-8-11-4-1-2-7-14(11)18/h1-7H,8-10H2. The van der Waals surface area contributed by atoms with Crippen LogP contribution >= 0.6 is 27.5 Å². The lowest BCUT2D eigenvalue weighted by Crippen LogP contribution is -2.15. The first-order chi connectivity index (χ1) is 8.81. The smallest absolute Gasteiger partial charge is 0.0646 e. The predicted molar refractivity (Wildman–Crippen MR) is 81.2 cm³/mol. The van der Waals surface area contributed by atoms with Crippen molar-refractivity contribution in [2.24, 2.45) is 0 Å². The number of alkyl halides is 1. The summed E-state index contributed by atoms with van der Waals surface area (Å²) in [5, 5.41) is 1.64. The molecule has 0 amide bonds. The van der Waals surface area contributed by atoms with Crippen molar-refractivity contribution in [2.45, 2.75) is 11.8 Å². The molecule has 1 aliphatic heterocycles. The molecule has 0 spiro atoms. The molecule has 0 fully saturated rings. The third-order valence-electron chi connectivity index (χ3n) is 3.37. The van der Waals surface area contributed by atoms with Gasteiger partial charge in [0.15, 0.2) is 0 Å². The first-order valence-electron chi connectivity index (χ1n) is 6.00. The van der Waals surface area contributed by atoms with E-state index in [1.807, 2.05) is 12.1 Å². The third kappa shape index (κ3) is 1.94. The molecule has 0 unspecified atom stereocenters. The van der Waals surface area contributed by atoms with Crippen LogP contribution in [0.1, 0.15) is 11.1 Å². The van der Waals surface area contributed by atoms with Gasteiger partial charge < -0.3 is 4.90 Å². The molecule has 2 aromatic rings. The Kier molecular flexibility index (Phi) is 3.31. The Labute approximate surface area is 121 Å². The first-order valence-corrected chi connectivity index (χ1v) is 7.50. The number of halogens is 2. The van der Waals surface area contributed by atoms with Crippen LogP contribution in [0.4, 0.5) is 11.4 Å². The molecule has 3 rings (SSSR count). The largest absolute Gasteiger partial charge is 0.339 e. The zero-order valence-corrected chi connectivity index (χ0v) is 12.2. The summed E-state index contributed by atoms with van der Waals surface area (Å²) in [6.07, 6.45) is 1.09. The molecule has 1 aliphatic rings. The number of hydrogen-bond acceptors (Lipinski definition) is 1. The Morgan fingerprint density at radius 2 is 1.94 bits per heavy atom. The van der Waals surface area contributed by atoms with Crippen LogP contribution < -0.4 is 4.90 Å². The van der Waals surface area contributed by atoms with Crippen LogP contribution in [0.25, 0.3) is 0 Å². The van der Waals surface area contributed by atoms with Crippen LogP contribution in [0.2, 0.25) is 5.02 Å². The number of hydrogen-bond donors (Lipinski definition) is 0. The zero-order valence-electron chi connectivity index (χ0n) is 9.87. The van der Waals surface area contributed by atoms with E-state index in [9.17, 15) is 0 Å². The highest BCUT2D eigenvalue weighted by atomic mass is 79.9. The van der Waals surface area contributed by atoms with Gasteiger partial charge in [0.1, 0.15) is 0 Å². The van der Waals surface area contributed by atoms with Crippen LogP contribution in [0.5, 0.6) is 0 Å². The van der Waals surface area contributed by atoms with Gasteiger partial charge in [0.2, 0.25) is 0 Å². The van der Waals surface area contributed by atoms with Gasteiger partial charge in [0, 0.05) is 17.6 Å². The maximum Gasteiger partial charge on any atom is 0.0646 e. The van der Waals surface area contributed by atoms with Crippen LogP contribution in [0.15, 0.2) is 42.5 Å². The maximum absolute atomic E-state index is 6.39. The molecule has 0 bridgehead atoms. The average Bonchev–Trinajstić information content (AvgIpc) is 2.82. The topological polar surface area (TPSA) is 3.24 Å². The molecule has 1 nitrogen and oxygen atoms in total. The highest BCUT2D eigenvalue weighted by Gasteiger charge is 2.23. The minimum atomic E-state index is 0.821. The molecule has 0 aromatic heterocycles. The van der Waals surface area contributed by atoms with Crippen molar-refractivity contribution in [3.8, 4) is 0 Å². The molecule has 2 aromatic carbocycles. The molecule has 0 radical (unpaired) electrons. The van der Waals surface area contributed by atoms with E-state index in [0.29, 0.717) is 0 Å². The molecule has 92 valence electrons. The summed E-state index contributed by atoms with van der Waals surface area (Å²) in [5.41, 5.74) is 5.06. The van der Waals surface area contributed by atoms with Gasteiger partial charge in [-0.3, -0.25) is 0 Å².